The minimum Gasteiger partial charge on any atom is -0.317 e. The molecule has 1 nitrogen and oxygen atoms in total. The van der Waals surface area contributed by atoms with Crippen molar-refractivity contribution < 1.29 is 0 Å². The second-order valence-corrected chi connectivity index (χ2v) is 5.97. The van der Waals surface area contributed by atoms with Crippen molar-refractivity contribution in [2.45, 2.75) is 25.7 Å². The molecular weight excluding hydrogens is 214 g/mol. The molecule has 0 aliphatic carbocycles. The van der Waals surface area contributed by atoms with Crippen molar-refractivity contribution in [1.29, 1.82) is 0 Å². The summed E-state index contributed by atoms with van der Waals surface area (Å²) < 4.78 is 1.43. The predicted molar refractivity (Wildman–Crippen MR) is 71.4 cm³/mol. The minimum absolute atomic E-state index is 0.769. The van der Waals surface area contributed by atoms with Crippen LogP contribution in [0.5, 0.6) is 0 Å². The van der Waals surface area contributed by atoms with Crippen LogP contribution in [-0.2, 0) is 0 Å². The van der Waals surface area contributed by atoms with Gasteiger partial charge in [-0.15, -0.1) is 11.3 Å². The highest BCUT2D eigenvalue weighted by Gasteiger charge is 2.15. The molecule has 0 radical (unpaired) electrons. The third-order valence-electron chi connectivity index (χ3n) is 3.47. The summed E-state index contributed by atoms with van der Waals surface area (Å²) in [6.07, 6.45) is 2.57. The second kappa shape index (κ2) is 4.19. The lowest BCUT2D eigenvalue weighted by Gasteiger charge is -2.22. The molecule has 0 saturated carbocycles. The van der Waals surface area contributed by atoms with Crippen LogP contribution in [0, 0.1) is 6.92 Å². The third kappa shape index (κ3) is 1.87. The highest BCUT2D eigenvalue weighted by Crippen LogP contribution is 2.31. The Hall–Kier alpha value is -0.860. The van der Waals surface area contributed by atoms with E-state index in [2.05, 4.69) is 36.5 Å². The maximum Gasteiger partial charge on any atom is 0.0345 e. The molecule has 0 atom stereocenters. The van der Waals surface area contributed by atoms with Crippen LogP contribution in [0.25, 0.3) is 10.1 Å². The molecule has 1 fully saturated rings. The van der Waals surface area contributed by atoms with Gasteiger partial charge in [-0.2, -0.15) is 0 Å². The topological polar surface area (TPSA) is 12.0 Å². The van der Waals surface area contributed by atoms with Gasteiger partial charge in [0.25, 0.3) is 0 Å². The molecule has 1 aromatic heterocycles. The highest BCUT2D eigenvalue weighted by molar-refractivity contribution is 7.19. The van der Waals surface area contributed by atoms with E-state index < -0.39 is 0 Å². The molecule has 84 valence electrons. The van der Waals surface area contributed by atoms with Crippen molar-refractivity contribution >= 4 is 21.4 Å². The van der Waals surface area contributed by atoms with Crippen molar-refractivity contribution in [3.8, 4) is 0 Å². The van der Waals surface area contributed by atoms with Crippen molar-refractivity contribution in [3.05, 3.63) is 34.7 Å². The van der Waals surface area contributed by atoms with E-state index in [4.69, 9.17) is 0 Å². The molecule has 1 N–H and O–H groups in total. The zero-order chi connectivity index (χ0) is 11.0. The quantitative estimate of drug-likeness (QED) is 0.789. The fourth-order valence-electron chi connectivity index (χ4n) is 2.60. The highest BCUT2D eigenvalue weighted by atomic mass is 32.1. The Kier molecular flexibility index (Phi) is 2.70. The van der Waals surface area contributed by atoms with Gasteiger partial charge in [-0.25, -0.2) is 0 Å². The minimum atomic E-state index is 0.769. The van der Waals surface area contributed by atoms with Crippen LogP contribution in [0.2, 0.25) is 0 Å². The van der Waals surface area contributed by atoms with Gasteiger partial charge in [-0.3, -0.25) is 0 Å². The lowest BCUT2D eigenvalue weighted by molar-refractivity contribution is 0.460. The van der Waals surface area contributed by atoms with E-state index in [1.807, 2.05) is 11.3 Å². The number of nitrogens with one attached hydrogen (secondary N) is 1. The van der Waals surface area contributed by atoms with Gasteiger partial charge >= 0.3 is 0 Å². The van der Waals surface area contributed by atoms with Crippen molar-refractivity contribution in [1.82, 2.24) is 5.32 Å². The number of thiophene rings is 1. The number of hydrogen-bond acceptors (Lipinski definition) is 2. The average Bonchev–Trinajstić information content (AvgIpc) is 2.69. The van der Waals surface area contributed by atoms with Crippen LogP contribution in [0.3, 0.4) is 0 Å². The molecule has 1 aliphatic rings. The first-order valence-corrected chi connectivity index (χ1v) is 6.85. The van der Waals surface area contributed by atoms with Gasteiger partial charge in [0.05, 0.1) is 0 Å². The standard InChI is InChI=1S/C14H17NS/c1-10-8-13-9-12(2-3-14(13)16-10)11-4-6-15-7-5-11/h2-3,8-9,11,15H,4-7H2,1H3. The molecule has 1 aromatic carbocycles. The normalized spacial score (nSPS) is 18.1. The van der Waals surface area contributed by atoms with Crippen LogP contribution >= 0.6 is 11.3 Å². The third-order valence-corrected chi connectivity index (χ3v) is 4.51. The van der Waals surface area contributed by atoms with Gasteiger partial charge in [0.1, 0.15) is 0 Å². The van der Waals surface area contributed by atoms with Gasteiger partial charge < -0.3 is 5.32 Å². The Bertz CT molecular complexity index is 494. The summed E-state index contributed by atoms with van der Waals surface area (Å²) in [4.78, 5) is 1.41. The Morgan fingerprint density at radius 1 is 1.19 bits per heavy atom. The molecule has 0 bridgehead atoms. The van der Waals surface area contributed by atoms with Crippen molar-refractivity contribution in [2.75, 3.05) is 13.1 Å². The van der Waals surface area contributed by atoms with E-state index in [-0.39, 0.29) is 0 Å². The van der Waals surface area contributed by atoms with Gasteiger partial charge in [0, 0.05) is 9.58 Å². The summed E-state index contributed by atoms with van der Waals surface area (Å²) in [5, 5.41) is 4.86. The Balaban J connectivity index is 1.97. The Morgan fingerprint density at radius 2 is 2.00 bits per heavy atom. The lowest BCUT2D eigenvalue weighted by Crippen LogP contribution is -2.26. The van der Waals surface area contributed by atoms with Crippen molar-refractivity contribution in [3.63, 3.8) is 0 Å². The second-order valence-electron chi connectivity index (χ2n) is 4.68. The Morgan fingerprint density at radius 3 is 2.81 bits per heavy atom. The SMILES string of the molecule is Cc1cc2cc(C3CCNCC3)ccc2s1. The van der Waals surface area contributed by atoms with E-state index >= 15 is 0 Å². The summed E-state index contributed by atoms with van der Waals surface area (Å²) in [6, 6.07) is 9.33. The molecule has 2 heterocycles. The molecule has 3 rings (SSSR count). The molecular formula is C14H17NS. The molecule has 16 heavy (non-hydrogen) atoms. The van der Waals surface area contributed by atoms with E-state index in [0.717, 1.165) is 5.92 Å². The molecule has 0 spiro atoms. The maximum atomic E-state index is 3.43. The van der Waals surface area contributed by atoms with Crippen molar-refractivity contribution in [2.24, 2.45) is 0 Å². The van der Waals surface area contributed by atoms with Crippen LogP contribution in [0.4, 0.5) is 0 Å². The fraction of sp³-hybridized carbons (Fsp3) is 0.429. The molecule has 2 heteroatoms. The molecule has 0 unspecified atom stereocenters. The zero-order valence-corrected chi connectivity index (χ0v) is 10.4. The number of piperidine rings is 1. The molecule has 1 aliphatic heterocycles. The molecule has 2 aromatic rings. The number of hydrogen-bond donors (Lipinski definition) is 1. The average molecular weight is 231 g/mol. The first kappa shape index (κ1) is 10.3. The predicted octanol–water partition coefficient (Wildman–Crippen LogP) is 3.68. The maximum absolute atomic E-state index is 3.43. The van der Waals surface area contributed by atoms with Crippen LogP contribution in [0.15, 0.2) is 24.3 Å². The summed E-state index contributed by atoms with van der Waals surface area (Å²) >= 11 is 1.90. The monoisotopic (exact) mass is 231 g/mol. The van der Waals surface area contributed by atoms with Gasteiger partial charge in [-0.1, -0.05) is 12.1 Å². The fourth-order valence-corrected chi connectivity index (χ4v) is 3.51. The number of benzene rings is 1. The molecule has 0 amide bonds. The van der Waals surface area contributed by atoms with Crippen LogP contribution in [-0.4, -0.2) is 13.1 Å². The Labute approximate surface area is 100 Å². The summed E-state index contributed by atoms with van der Waals surface area (Å²) in [6.45, 7) is 4.53. The smallest absolute Gasteiger partial charge is 0.0345 e. The number of rotatable bonds is 1. The van der Waals surface area contributed by atoms with Gasteiger partial charge in [0.15, 0.2) is 0 Å². The van der Waals surface area contributed by atoms with E-state index in [0.29, 0.717) is 0 Å². The largest absolute Gasteiger partial charge is 0.317 e. The first-order chi connectivity index (χ1) is 7.83. The van der Waals surface area contributed by atoms with E-state index in [1.165, 1.54) is 46.5 Å². The number of aryl methyl sites for hydroxylation is 1. The van der Waals surface area contributed by atoms with Crippen LogP contribution in [0.1, 0.15) is 29.2 Å². The summed E-state index contributed by atoms with van der Waals surface area (Å²) in [5.41, 5.74) is 1.53. The number of fused-ring (bicyclic) bond motifs is 1. The zero-order valence-electron chi connectivity index (χ0n) is 9.62. The first-order valence-electron chi connectivity index (χ1n) is 6.04. The summed E-state index contributed by atoms with van der Waals surface area (Å²) in [7, 11) is 0. The van der Waals surface area contributed by atoms with Gasteiger partial charge in [0.2, 0.25) is 0 Å². The van der Waals surface area contributed by atoms with Gasteiger partial charge in [-0.05, 0) is 61.9 Å². The van der Waals surface area contributed by atoms with E-state index in [9.17, 15) is 0 Å². The molecule has 1 saturated heterocycles. The van der Waals surface area contributed by atoms with Crippen LogP contribution < -0.4 is 5.32 Å². The van der Waals surface area contributed by atoms with E-state index in [1.54, 1.807) is 0 Å². The summed E-state index contributed by atoms with van der Waals surface area (Å²) in [5.74, 6) is 0.769. The lowest BCUT2D eigenvalue weighted by atomic mass is 9.90.